The average Bonchev–Trinajstić information content (AvgIpc) is 3.02. The van der Waals surface area contributed by atoms with Crippen LogP contribution in [0.15, 0.2) is 36.4 Å². The fraction of sp³-hybridized carbons (Fsp3) is 0.629. The molecule has 0 amide bonds. The van der Waals surface area contributed by atoms with E-state index in [2.05, 4.69) is 69.7 Å². The van der Waals surface area contributed by atoms with Crippen LogP contribution in [-0.4, -0.2) is 64.8 Å². The van der Waals surface area contributed by atoms with Gasteiger partial charge in [0.1, 0.15) is 0 Å². The minimum Gasteiger partial charge on any atom is -0.297 e. The summed E-state index contributed by atoms with van der Waals surface area (Å²) in [5, 5.41) is 0. The van der Waals surface area contributed by atoms with Crippen LogP contribution in [0.25, 0.3) is 0 Å². The van der Waals surface area contributed by atoms with E-state index in [1.54, 1.807) is 0 Å². The number of carbonyl (C=O) groups excluding carboxylic acids is 1. The molecule has 6 rings (SSSR count). The highest BCUT2D eigenvalue weighted by molar-refractivity contribution is 7.99. The van der Waals surface area contributed by atoms with E-state index in [0.717, 1.165) is 50.4 Å². The second-order valence-electron chi connectivity index (χ2n) is 12.5. The standard InChI is InChI=1S/C35H48N2OS2/c38-35(31-15-7-13-29(25-36-17-21-39-22-18-36)33(31)27-9-3-1-4-10-27)32-16-8-14-30(26-37-19-23-40-24-20-37)34(32)28-11-5-2-6-12-28/h7-8,13-16,27-28H,1-6,9-12,17-26H2. The lowest BCUT2D eigenvalue weighted by Crippen LogP contribution is -2.33. The Labute approximate surface area is 251 Å². The van der Waals surface area contributed by atoms with Crippen molar-refractivity contribution < 1.29 is 4.79 Å². The molecule has 2 saturated heterocycles. The van der Waals surface area contributed by atoms with E-state index in [1.165, 1.54) is 109 Å². The zero-order valence-corrected chi connectivity index (χ0v) is 26.0. The number of benzene rings is 2. The molecule has 4 aliphatic rings. The number of ketones is 1. The topological polar surface area (TPSA) is 23.6 Å². The molecule has 2 saturated carbocycles. The van der Waals surface area contributed by atoms with Gasteiger partial charge in [0.05, 0.1) is 0 Å². The van der Waals surface area contributed by atoms with Crippen molar-refractivity contribution in [2.24, 2.45) is 0 Å². The van der Waals surface area contributed by atoms with Crippen molar-refractivity contribution in [1.82, 2.24) is 9.80 Å². The van der Waals surface area contributed by atoms with E-state index in [9.17, 15) is 4.79 Å². The third kappa shape index (κ3) is 6.85. The monoisotopic (exact) mass is 576 g/mol. The highest BCUT2D eigenvalue weighted by Crippen LogP contribution is 2.41. The van der Waals surface area contributed by atoms with Gasteiger partial charge in [0.2, 0.25) is 0 Å². The minimum absolute atomic E-state index is 0.299. The van der Waals surface area contributed by atoms with E-state index >= 15 is 0 Å². The van der Waals surface area contributed by atoms with E-state index in [1.807, 2.05) is 0 Å². The highest BCUT2D eigenvalue weighted by atomic mass is 32.2. The van der Waals surface area contributed by atoms with Crippen molar-refractivity contribution in [3.05, 3.63) is 69.8 Å². The molecule has 0 radical (unpaired) electrons. The molecule has 216 valence electrons. The molecule has 0 bridgehead atoms. The zero-order chi connectivity index (χ0) is 27.1. The van der Waals surface area contributed by atoms with Crippen LogP contribution in [0.3, 0.4) is 0 Å². The molecule has 2 heterocycles. The third-order valence-electron chi connectivity index (χ3n) is 9.90. The van der Waals surface area contributed by atoms with Gasteiger partial charge in [0.15, 0.2) is 5.78 Å². The molecule has 2 aromatic carbocycles. The summed E-state index contributed by atoms with van der Waals surface area (Å²) in [6.45, 7) is 6.64. The molecule has 40 heavy (non-hydrogen) atoms. The van der Waals surface area contributed by atoms with Crippen LogP contribution in [0.4, 0.5) is 0 Å². The molecule has 0 spiro atoms. The first-order valence-corrected chi connectivity index (χ1v) is 18.5. The van der Waals surface area contributed by atoms with Crippen molar-refractivity contribution in [2.45, 2.75) is 89.1 Å². The first kappa shape index (κ1) is 28.8. The number of thioether (sulfide) groups is 2. The summed E-state index contributed by atoms with van der Waals surface area (Å²) in [5.41, 5.74) is 7.67. The van der Waals surface area contributed by atoms with Gasteiger partial charge in [0.25, 0.3) is 0 Å². The Morgan fingerprint density at radius 1 is 0.600 bits per heavy atom. The van der Waals surface area contributed by atoms with Crippen LogP contribution in [-0.2, 0) is 13.1 Å². The van der Waals surface area contributed by atoms with Crippen LogP contribution >= 0.6 is 23.5 Å². The third-order valence-corrected chi connectivity index (χ3v) is 11.8. The summed E-state index contributed by atoms with van der Waals surface area (Å²) >= 11 is 4.15. The predicted octanol–water partition coefficient (Wildman–Crippen LogP) is 8.11. The summed E-state index contributed by atoms with van der Waals surface area (Å²) in [5.74, 6) is 6.25. The van der Waals surface area contributed by atoms with Crippen LogP contribution in [0.5, 0.6) is 0 Å². The largest absolute Gasteiger partial charge is 0.297 e. The quantitative estimate of drug-likeness (QED) is 0.296. The van der Waals surface area contributed by atoms with Crippen LogP contribution in [0, 0.1) is 0 Å². The number of hydrogen-bond donors (Lipinski definition) is 0. The summed E-state index contributed by atoms with van der Waals surface area (Å²) < 4.78 is 0. The van der Waals surface area contributed by atoms with E-state index < -0.39 is 0 Å². The van der Waals surface area contributed by atoms with Crippen LogP contribution in [0.2, 0.25) is 0 Å². The summed E-state index contributed by atoms with van der Waals surface area (Å²) in [7, 11) is 0. The lowest BCUT2D eigenvalue weighted by atomic mass is 9.75. The fourth-order valence-corrected chi connectivity index (χ4v) is 9.75. The van der Waals surface area contributed by atoms with Crippen molar-refractivity contribution in [3.8, 4) is 0 Å². The van der Waals surface area contributed by atoms with E-state index in [0.29, 0.717) is 17.6 Å². The lowest BCUT2D eigenvalue weighted by Gasteiger charge is -2.32. The summed E-state index contributed by atoms with van der Waals surface area (Å²) in [6, 6.07) is 13.4. The first-order chi connectivity index (χ1) is 19.8. The first-order valence-electron chi connectivity index (χ1n) is 16.2. The second-order valence-corrected chi connectivity index (χ2v) is 15.0. The molecule has 0 unspecified atom stereocenters. The van der Waals surface area contributed by atoms with Gasteiger partial charge in [-0.25, -0.2) is 0 Å². The molecule has 2 aromatic rings. The van der Waals surface area contributed by atoms with E-state index in [4.69, 9.17) is 0 Å². The van der Waals surface area contributed by atoms with Crippen molar-refractivity contribution >= 4 is 29.3 Å². The van der Waals surface area contributed by atoms with Crippen molar-refractivity contribution in [2.75, 3.05) is 49.2 Å². The second kappa shape index (κ2) is 14.3. The van der Waals surface area contributed by atoms with Crippen LogP contribution < -0.4 is 0 Å². The van der Waals surface area contributed by atoms with Crippen molar-refractivity contribution in [1.29, 1.82) is 0 Å². The Morgan fingerprint density at radius 2 is 1.00 bits per heavy atom. The van der Waals surface area contributed by atoms with Crippen molar-refractivity contribution in [3.63, 3.8) is 0 Å². The van der Waals surface area contributed by atoms with Gasteiger partial charge in [-0.1, -0.05) is 74.9 Å². The molecule has 4 fully saturated rings. The molecule has 2 aliphatic carbocycles. The number of carbonyl (C=O) groups is 1. The molecular weight excluding hydrogens is 529 g/mol. The maximum atomic E-state index is 14.8. The molecule has 0 aromatic heterocycles. The number of nitrogens with zero attached hydrogens (tertiary/aromatic N) is 2. The molecule has 2 aliphatic heterocycles. The Balaban J connectivity index is 1.39. The smallest absolute Gasteiger partial charge is 0.193 e. The fourth-order valence-electron chi connectivity index (χ4n) is 7.79. The van der Waals surface area contributed by atoms with Gasteiger partial charge in [-0.2, -0.15) is 23.5 Å². The Morgan fingerprint density at radius 3 is 1.40 bits per heavy atom. The van der Waals surface area contributed by atoms with Gasteiger partial charge < -0.3 is 0 Å². The Hall–Kier alpha value is -1.27. The molecule has 5 heteroatoms. The summed E-state index contributed by atoms with van der Waals surface area (Å²) in [6.07, 6.45) is 12.8. The van der Waals surface area contributed by atoms with Gasteiger partial charge >= 0.3 is 0 Å². The number of hydrogen-bond acceptors (Lipinski definition) is 5. The number of rotatable bonds is 8. The zero-order valence-electron chi connectivity index (χ0n) is 24.4. The maximum Gasteiger partial charge on any atom is 0.193 e. The maximum absolute atomic E-state index is 14.8. The SMILES string of the molecule is O=C(c1cccc(CN2CCSCC2)c1C1CCCCC1)c1cccc(CN2CCSCC2)c1C1CCCCC1. The highest BCUT2D eigenvalue weighted by Gasteiger charge is 2.30. The molecule has 0 N–H and O–H groups in total. The van der Waals surface area contributed by atoms with Gasteiger partial charge in [-0.3, -0.25) is 14.6 Å². The average molecular weight is 577 g/mol. The molecular formula is C35H48N2OS2. The normalized spacial score (nSPS) is 22.4. The van der Waals surface area contributed by atoms with E-state index in [-0.39, 0.29) is 0 Å². The summed E-state index contributed by atoms with van der Waals surface area (Å²) in [4.78, 5) is 20.1. The van der Waals surface area contributed by atoms with Crippen LogP contribution in [0.1, 0.15) is 114 Å². The Bertz CT molecular complexity index is 1040. The van der Waals surface area contributed by atoms with Gasteiger partial charge in [-0.15, -0.1) is 0 Å². The lowest BCUT2D eigenvalue weighted by molar-refractivity contribution is 0.103. The minimum atomic E-state index is 0.299. The van der Waals surface area contributed by atoms with Gasteiger partial charge in [-0.05, 0) is 59.8 Å². The predicted molar refractivity (Wildman–Crippen MR) is 173 cm³/mol. The Kier molecular flexibility index (Phi) is 10.3. The van der Waals surface area contributed by atoms with Gasteiger partial charge in [0, 0.05) is 73.4 Å². The molecule has 0 atom stereocenters. The molecule has 3 nitrogen and oxygen atoms in total.